The van der Waals surface area contributed by atoms with E-state index in [9.17, 15) is 9.18 Å². The Morgan fingerprint density at radius 3 is 2.82 bits per heavy atom. The van der Waals surface area contributed by atoms with Crippen LogP contribution < -0.4 is 0 Å². The summed E-state index contributed by atoms with van der Waals surface area (Å²) in [6.07, 6.45) is 6.39. The Morgan fingerprint density at radius 2 is 2.18 bits per heavy atom. The van der Waals surface area contributed by atoms with Crippen molar-refractivity contribution in [3.05, 3.63) is 40.6 Å². The summed E-state index contributed by atoms with van der Waals surface area (Å²) in [5, 5.41) is 4.30. The minimum Gasteiger partial charge on any atom is -0.299 e. The lowest BCUT2D eigenvalue weighted by molar-refractivity contribution is -0.122. The Kier molecular flexibility index (Phi) is 5.74. The highest BCUT2D eigenvalue weighted by Crippen LogP contribution is 2.28. The molecule has 118 valence electrons. The first-order valence-corrected chi connectivity index (χ1v) is 9.01. The minimum absolute atomic E-state index is 0.0175. The zero-order valence-electron chi connectivity index (χ0n) is 12.6. The molecule has 2 atom stereocenters. The Labute approximate surface area is 141 Å². The van der Waals surface area contributed by atoms with Gasteiger partial charge in [0.15, 0.2) is 0 Å². The van der Waals surface area contributed by atoms with E-state index in [0.29, 0.717) is 10.3 Å². The van der Waals surface area contributed by atoms with Gasteiger partial charge in [-0.1, -0.05) is 13.8 Å². The predicted octanol–water partition coefficient (Wildman–Crippen LogP) is 3.84. The Hall–Kier alpha value is -1.21. The Morgan fingerprint density at radius 1 is 1.45 bits per heavy atom. The number of hydrogen-bond donors (Lipinski definition) is 0. The second-order valence-corrected chi connectivity index (χ2v) is 6.82. The van der Waals surface area contributed by atoms with Crippen molar-refractivity contribution >= 4 is 33.5 Å². The van der Waals surface area contributed by atoms with Crippen LogP contribution in [0.1, 0.15) is 25.3 Å². The van der Waals surface area contributed by atoms with E-state index in [1.54, 1.807) is 18.0 Å². The fourth-order valence-electron chi connectivity index (χ4n) is 2.23. The summed E-state index contributed by atoms with van der Waals surface area (Å²) in [5.74, 6) is 0.251. The Bertz CT molecular complexity index is 677. The maximum atomic E-state index is 13.3. The van der Waals surface area contributed by atoms with E-state index >= 15 is 0 Å². The summed E-state index contributed by atoms with van der Waals surface area (Å²) in [7, 11) is 0. The number of rotatable bonds is 6. The largest absolute Gasteiger partial charge is 0.299 e. The number of carbonyl (C=O) groups is 1. The maximum Gasteiger partial charge on any atom is 0.143 e. The van der Waals surface area contributed by atoms with Crippen LogP contribution in [0.5, 0.6) is 0 Å². The number of nitrogens with zero attached hydrogens (tertiary/aromatic N) is 3. The normalized spacial score (nSPS) is 13.9. The topological polar surface area (TPSA) is 47.8 Å². The van der Waals surface area contributed by atoms with E-state index in [0.717, 1.165) is 17.5 Å². The molecule has 0 N–H and O–H groups in total. The van der Waals surface area contributed by atoms with Gasteiger partial charge in [-0.2, -0.15) is 16.9 Å². The van der Waals surface area contributed by atoms with E-state index in [1.807, 2.05) is 20.1 Å². The van der Waals surface area contributed by atoms with Gasteiger partial charge in [0.05, 0.1) is 18.1 Å². The summed E-state index contributed by atoms with van der Waals surface area (Å²) in [5.41, 5.74) is 1.31. The number of Topliss-reactive ketones (excluding diaryl/α,β-unsaturated/α-hetero) is 1. The van der Waals surface area contributed by atoms with Crippen molar-refractivity contribution in [1.29, 1.82) is 0 Å². The predicted molar refractivity (Wildman–Crippen MR) is 90.0 cm³/mol. The van der Waals surface area contributed by atoms with Crippen molar-refractivity contribution in [1.82, 2.24) is 14.8 Å². The molecule has 4 nitrogen and oxygen atoms in total. The summed E-state index contributed by atoms with van der Waals surface area (Å²) >= 11 is 5.04. The van der Waals surface area contributed by atoms with E-state index in [-0.39, 0.29) is 17.6 Å². The van der Waals surface area contributed by atoms with Gasteiger partial charge in [-0.15, -0.1) is 0 Å². The fraction of sp³-hybridized carbons (Fsp3) is 0.400. The van der Waals surface area contributed by atoms with E-state index in [1.165, 1.54) is 16.9 Å². The van der Waals surface area contributed by atoms with Gasteiger partial charge in [0.1, 0.15) is 16.2 Å². The van der Waals surface area contributed by atoms with E-state index < -0.39 is 5.82 Å². The lowest BCUT2D eigenvalue weighted by Crippen LogP contribution is -2.19. The number of pyridine rings is 1. The molecular weight excluding hydrogens is 369 g/mol. The summed E-state index contributed by atoms with van der Waals surface area (Å²) < 4.78 is 15.4. The molecule has 2 aromatic rings. The summed E-state index contributed by atoms with van der Waals surface area (Å²) in [6, 6.07) is 1.35. The zero-order valence-corrected chi connectivity index (χ0v) is 15.0. The second-order valence-electron chi connectivity index (χ2n) is 5.16. The highest BCUT2D eigenvalue weighted by atomic mass is 79.9. The van der Waals surface area contributed by atoms with Gasteiger partial charge in [-0.25, -0.2) is 9.07 Å². The van der Waals surface area contributed by atoms with Gasteiger partial charge in [0, 0.05) is 35.4 Å². The lowest BCUT2D eigenvalue weighted by atomic mass is 9.92. The third-order valence-corrected chi connectivity index (χ3v) is 4.90. The molecule has 0 saturated heterocycles. The third kappa shape index (κ3) is 3.76. The van der Waals surface area contributed by atoms with Crippen molar-refractivity contribution in [2.45, 2.75) is 19.8 Å². The van der Waals surface area contributed by atoms with Crippen LogP contribution in [0.25, 0.3) is 5.69 Å². The average molecular weight is 386 g/mol. The van der Waals surface area contributed by atoms with Gasteiger partial charge in [-0.05, 0) is 22.2 Å². The van der Waals surface area contributed by atoms with Crippen molar-refractivity contribution in [3.63, 3.8) is 0 Å². The molecule has 0 amide bonds. The molecule has 0 aliphatic rings. The quantitative estimate of drug-likeness (QED) is 0.757. The molecule has 0 fully saturated rings. The SMILES string of the molecule is CSCC(C)C(=O)C(C)c1cn(-c2cncc(F)c2)nc1Br. The molecule has 0 saturated carbocycles. The number of halogens is 2. The first-order chi connectivity index (χ1) is 10.4. The lowest BCUT2D eigenvalue weighted by Gasteiger charge is -2.14. The smallest absolute Gasteiger partial charge is 0.143 e. The maximum absolute atomic E-state index is 13.3. The van der Waals surface area contributed by atoms with E-state index in [2.05, 4.69) is 26.0 Å². The number of carbonyl (C=O) groups excluding carboxylic acids is 1. The van der Waals surface area contributed by atoms with Crippen LogP contribution in [-0.2, 0) is 4.79 Å². The molecule has 0 aromatic carbocycles. The molecular formula is C15H17BrFN3OS. The molecule has 0 aliphatic heterocycles. The fourth-order valence-corrected chi connectivity index (χ4v) is 3.51. The van der Waals surface area contributed by atoms with Crippen LogP contribution in [0, 0.1) is 11.7 Å². The molecule has 2 aromatic heterocycles. The van der Waals surface area contributed by atoms with Crippen molar-refractivity contribution < 1.29 is 9.18 Å². The standard InChI is InChI=1S/C15H17BrFN3OS/c1-9(8-22-3)14(21)10(2)13-7-20(19-15(13)16)12-4-11(17)5-18-6-12/h4-7,9-10H,8H2,1-3H3. The molecule has 0 radical (unpaired) electrons. The summed E-state index contributed by atoms with van der Waals surface area (Å²) in [6.45, 7) is 3.80. The van der Waals surface area contributed by atoms with Gasteiger partial charge >= 0.3 is 0 Å². The highest BCUT2D eigenvalue weighted by Gasteiger charge is 2.25. The first kappa shape index (κ1) is 17.1. The molecule has 0 bridgehead atoms. The van der Waals surface area contributed by atoms with Crippen molar-refractivity contribution in [3.8, 4) is 5.69 Å². The molecule has 22 heavy (non-hydrogen) atoms. The zero-order chi connectivity index (χ0) is 16.3. The van der Waals surface area contributed by atoms with Crippen LogP contribution >= 0.6 is 27.7 Å². The van der Waals surface area contributed by atoms with Crippen molar-refractivity contribution in [2.75, 3.05) is 12.0 Å². The third-order valence-electron chi connectivity index (χ3n) is 3.45. The minimum atomic E-state index is -0.427. The van der Waals surface area contributed by atoms with Gasteiger partial charge < -0.3 is 0 Å². The number of ketones is 1. The molecule has 2 rings (SSSR count). The van der Waals surface area contributed by atoms with Crippen LogP contribution in [0.2, 0.25) is 0 Å². The Balaban J connectivity index is 2.28. The molecule has 2 unspecified atom stereocenters. The number of aromatic nitrogens is 3. The monoisotopic (exact) mass is 385 g/mol. The number of hydrogen-bond acceptors (Lipinski definition) is 4. The van der Waals surface area contributed by atoms with Gasteiger partial charge in [-0.3, -0.25) is 9.78 Å². The first-order valence-electron chi connectivity index (χ1n) is 6.82. The van der Waals surface area contributed by atoms with Crippen LogP contribution in [-0.4, -0.2) is 32.6 Å². The molecule has 2 heterocycles. The summed E-state index contributed by atoms with van der Waals surface area (Å²) in [4.78, 5) is 16.3. The molecule has 7 heteroatoms. The second kappa shape index (κ2) is 7.37. The van der Waals surface area contributed by atoms with Crippen LogP contribution in [0.15, 0.2) is 29.3 Å². The molecule has 0 spiro atoms. The van der Waals surface area contributed by atoms with Gasteiger partial charge in [0.2, 0.25) is 0 Å². The van der Waals surface area contributed by atoms with Crippen molar-refractivity contribution in [2.24, 2.45) is 5.92 Å². The molecule has 0 aliphatic carbocycles. The van der Waals surface area contributed by atoms with Gasteiger partial charge in [0.25, 0.3) is 0 Å². The number of thioether (sulfide) groups is 1. The van der Waals surface area contributed by atoms with Crippen LogP contribution in [0.4, 0.5) is 4.39 Å². The van der Waals surface area contributed by atoms with Crippen LogP contribution in [0.3, 0.4) is 0 Å². The average Bonchev–Trinajstić information content (AvgIpc) is 2.88. The van der Waals surface area contributed by atoms with E-state index in [4.69, 9.17) is 0 Å². The highest BCUT2D eigenvalue weighted by molar-refractivity contribution is 9.10.